The van der Waals surface area contributed by atoms with Gasteiger partial charge in [-0.2, -0.15) is 18.2 Å². The zero-order valence-electron chi connectivity index (χ0n) is 12.5. The zero-order valence-corrected chi connectivity index (χ0v) is 13.3. The lowest BCUT2D eigenvalue weighted by molar-refractivity contribution is -0.144. The number of hydrogen-bond acceptors (Lipinski definition) is 4. The van der Waals surface area contributed by atoms with Crippen molar-refractivity contribution in [3.05, 3.63) is 34.6 Å². The summed E-state index contributed by atoms with van der Waals surface area (Å²) >= 11 is 5.94. The van der Waals surface area contributed by atoms with E-state index in [1.807, 2.05) is 0 Å². The van der Waals surface area contributed by atoms with Gasteiger partial charge >= 0.3 is 6.18 Å². The number of amides is 2. The fourth-order valence-electron chi connectivity index (χ4n) is 2.44. The third-order valence-electron chi connectivity index (χ3n) is 3.55. The molecule has 0 aliphatic carbocycles. The molecule has 0 saturated carbocycles. The molecule has 1 aromatic heterocycles. The summed E-state index contributed by atoms with van der Waals surface area (Å²) in [6.45, 7) is 0.429. The second-order valence-corrected chi connectivity index (χ2v) is 5.71. The van der Waals surface area contributed by atoms with Crippen molar-refractivity contribution in [2.24, 2.45) is 0 Å². The lowest BCUT2D eigenvalue weighted by Crippen LogP contribution is -2.27. The summed E-state index contributed by atoms with van der Waals surface area (Å²) in [6.07, 6.45) is -3.71. The molecule has 3 rings (SSSR count). The average Bonchev–Trinajstić information content (AvgIpc) is 3.15. The smallest absolute Gasteiger partial charge is 0.312 e. The Morgan fingerprint density at radius 3 is 2.72 bits per heavy atom. The average molecular weight is 374 g/mol. The lowest BCUT2D eigenvalue weighted by atomic mass is 10.1. The molecule has 0 unspecified atom stereocenters. The second kappa shape index (κ2) is 6.36. The van der Waals surface area contributed by atoms with Gasteiger partial charge in [-0.05, 0) is 24.6 Å². The van der Waals surface area contributed by atoms with E-state index in [1.54, 1.807) is 5.10 Å². The van der Waals surface area contributed by atoms with Gasteiger partial charge in [0.15, 0.2) is 0 Å². The largest absolute Gasteiger partial charge is 0.451 e. The predicted molar refractivity (Wildman–Crippen MR) is 82.4 cm³/mol. The molecule has 2 N–H and O–H groups in total. The lowest BCUT2D eigenvalue weighted by Gasteiger charge is -2.19. The SMILES string of the molecule is O=C(Nc1n[nH]c(C(F)(F)F)n1)c1ccc(Cl)cc1N1CCCC1=O. The maximum Gasteiger partial charge on any atom is 0.451 e. The number of aromatic amines is 1. The first-order chi connectivity index (χ1) is 11.8. The van der Waals surface area contributed by atoms with Crippen molar-refractivity contribution >= 4 is 35.1 Å². The molecule has 1 aromatic carbocycles. The summed E-state index contributed by atoms with van der Waals surface area (Å²) in [5, 5.41) is 7.51. The Kier molecular flexibility index (Phi) is 4.38. The van der Waals surface area contributed by atoms with Crippen LogP contribution in [0.5, 0.6) is 0 Å². The van der Waals surface area contributed by atoms with E-state index in [0.29, 0.717) is 30.1 Å². The fraction of sp³-hybridized carbons (Fsp3) is 0.286. The summed E-state index contributed by atoms with van der Waals surface area (Å²) in [4.78, 5) is 28.9. The number of carbonyl (C=O) groups excluding carboxylic acids is 2. The summed E-state index contributed by atoms with van der Waals surface area (Å²) in [5.41, 5.74) is 0.372. The van der Waals surface area contributed by atoms with Gasteiger partial charge in [0.2, 0.25) is 17.7 Å². The number of hydrogen-bond donors (Lipinski definition) is 2. The highest BCUT2D eigenvalue weighted by Gasteiger charge is 2.35. The highest BCUT2D eigenvalue weighted by Crippen LogP contribution is 2.30. The molecule has 1 aliphatic rings. The van der Waals surface area contributed by atoms with E-state index < -0.39 is 23.9 Å². The Balaban J connectivity index is 1.87. The van der Waals surface area contributed by atoms with E-state index in [2.05, 4.69) is 15.4 Å². The molecule has 2 heterocycles. The van der Waals surface area contributed by atoms with E-state index in [0.717, 1.165) is 0 Å². The van der Waals surface area contributed by atoms with Crippen LogP contribution in [-0.4, -0.2) is 33.5 Å². The molecule has 0 atom stereocenters. The van der Waals surface area contributed by atoms with E-state index in [9.17, 15) is 22.8 Å². The van der Waals surface area contributed by atoms with Crippen molar-refractivity contribution in [3.63, 3.8) is 0 Å². The van der Waals surface area contributed by atoms with Crippen LogP contribution >= 0.6 is 11.6 Å². The molecule has 0 bridgehead atoms. The zero-order chi connectivity index (χ0) is 18.2. The molecule has 25 heavy (non-hydrogen) atoms. The van der Waals surface area contributed by atoms with E-state index >= 15 is 0 Å². The predicted octanol–water partition coefficient (Wildman–Crippen LogP) is 2.86. The summed E-state index contributed by atoms with van der Waals surface area (Å²) in [5.74, 6) is -2.76. The van der Waals surface area contributed by atoms with Gasteiger partial charge in [0.1, 0.15) is 0 Å². The fourth-order valence-corrected chi connectivity index (χ4v) is 2.60. The van der Waals surface area contributed by atoms with E-state index in [4.69, 9.17) is 11.6 Å². The van der Waals surface area contributed by atoms with Crippen molar-refractivity contribution in [1.29, 1.82) is 0 Å². The molecule has 11 heteroatoms. The molecule has 0 spiro atoms. The molecule has 2 aromatic rings. The van der Waals surface area contributed by atoms with Crippen molar-refractivity contribution in [3.8, 4) is 0 Å². The first-order valence-corrected chi connectivity index (χ1v) is 7.54. The number of anilines is 2. The molecule has 1 aliphatic heterocycles. The van der Waals surface area contributed by atoms with Gasteiger partial charge in [0.05, 0.1) is 11.3 Å². The highest BCUT2D eigenvalue weighted by atomic mass is 35.5. The molecule has 1 fully saturated rings. The molecule has 7 nitrogen and oxygen atoms in total. The molecular weight excluding hydrogens is 363 g/mol. The van der Waals surface area contributed by atoms with Crippen molar-refractivity contribution < 1.29 is 22.8 Å². The topological polar surface area (TPSA) is 91.0 Å². The molecular formula is C14H11ClF3N5O2. The van der Waals surface area contributed by atoms with Crippen LogP contribution in [0.25, 0.3) is 0 Å². The molecule has 132 valence electrons. The number of nitrogens with one attached hydrogen (secondary N) is 2. The quantitative estimate of drug-likeness (QED) is 0.865. The van der Waals surface area contributed by atoms with Crippen molar-refractivity contribution in [2.75, 3.05) is 16.8 Å². The van der Waals surface area contributed by atoms with Crippen LogP contribution in [0.4, 0.5) is 24.8 Å². The van der Waals surface area contributed by atoms with E-state index in [1.165, 1.54) is 23.1 Å². The Labute approximate surface area is 144 Å². The third-order valence-corrected chi connectivity index (χ3v) is 3.78. The van der Waals surface area contributed by atoms with Crippen LogP contribution in [0.2, 0.25) is 5.02 Å². The summed E-state index contributed by atoms with van der Waals surface area (Å²) in [7, 11) is 0. The summed E-state index contributed by atoms with van der Waals surface area (Å²) in [6, 6.07) is 4.29. The van der Waals surface area contributed by atoms with Gasteiger partial charge < -0.3 is 4.90 Å². The number of nitrogens with zero attached hydrogens (tertiary/aromatic N) is 3. The van der Waals surface area contributed by atoms with Gasteiger partial charge in [0, 0.05) is 18.0 Å². The Bertz CT molecular complexity index is 836. The van der Waals surface area contributed by atoms with Crippen molar-refractivity contribution in [1.82, 2.24) is 15.2 Å². The van der Waals surface area contributed by atoms with Crippen LogP contribution < -0.4 is 10.2 Å². The van der Waals surface area contributed by atoms with Crippen LogP contribution in [0.15, 0.2) is 18.2 Å². The van der Waals surface area contributed by atoms with E-state index in [-0.39, 0.29) is 11.5 Å². The number of halogens is 4. The summed E-state index contributed by atoms with van der Waals surface area (Å²) < 4.78 is 37.5. The Morgan fingerprint density at radius 1 is 1.36 bits per heavy atom. The second-order valence-electron chi connectivity index (χ2n) is 5.27. The number of alkyl halides is 3. The molecule has 1 saturated heterocycles. The number of rotatable bonds is 3. The standard InChI is InChI=1S/C14H11ClF3N5O2/c15-7-3-4-8(9(6-7)23-5-1-2-10(23)24)11(25)19-13-20-12(21-22-13)14(16,17)18/h3-4,6H,1-2,5H2,(H2,19,20,21,22,25). The minimum Gasteiger partial charge on any atom is -0.312 e. The van der Waals surface area contributed by atoms with Gasteiger partial charge in [-0.3, -0.25) is 20.0 Å². The number of carbonyl (C=O) groups is 2. The third kappa shape index (κ3) is 3.58. The maximum absolute atomic E-state index is 12.5. The van der Waals surface area contributed by atoms with Crippen molar-refractivity contribution in [2.45, 2.75) is 19.0 Å². The number of aromatic nitrogens is 3. The van der Waals surface area contributed by atoms with Gasteiger partial charge in [-0.15, -0.1) is 5.10 Å². The highest BCUT2D eigenvalue weighted by molar-refractivity contribution is 6.31. The van der Waals surface area contributed by atoms with Crippen LogP contribution in [0, 0.1) is 0 Å². The van der Waals surface area contributed by atoms with Crippen LogP contribution in [0.1, 0.15) is 29.0 Å². The monoisotopic (exact) mass is 373 g/mol. The minimum atomic E-state index is -4.70. The number of H-pyrrole nitrogens is 1. The van der Waals surface area contributed by atoms with Gasteiger partial charge in [0.25, 0.3) is 5.91 Å². The van der Waals surface area contributed by atoms with Crippen LogP contribution in [0.3, 0.4) is 0 Å². The first-order valence-electron chi connectivity index (χ1n) is 7.16. The molecule has 2 amide bonds. The maximum atomic E-state index is 12.5. The molecule has 0 radical (unpaired) electrons. The number of benzene rings is 1. The minimum absolute atomic E-state index is 0.0815. The van der Waals surface area contributed by atoms with Gasteiger partial charge in [-0.1, -0.05) is 11.6 Å². The Hall–Kier alpha value is -2.62. The van der Waals surface area contributed by atoms with Crippen LogP contribution in [-0.2, 0) is 11.0 Å². The normalized spacial score (nSPS) is 14.9. The first kappa shape index (κ1) is 17.2. The van der Waals surface area contributed by atoms with Gasteiger partial charge in [-0.25, -0.2) is 0 Å². The Morgan fingerprint density at radius 2 is 2.12 bits per heavy atom.